The Morgan fingerprint density at radius 3 is 2.55 bits per heavy atom. The van der Waals surface area contributed by atoms with Crippen molar-refractivity contribution in [2.45, 2.75) is 64.0 Å². The lowest BCUT2D eigenvalue weighted by atomic mass is 9.77. The van der Waals surface area contributed by atoms with Crippen molar-refractivity contribution in [3.8, 4) is 0 Å². The molecule has 1 fully saturated rings. The number of aryl methyl sites for hydroxylation is 1. The molecule has 0 aromatic heterocycles. The van der Waals surface area contributed by atoms with E-state index < -0.39 is 0 Å². The number of hydrogen-bond acceptors (Lipinski definition) is 2. The molecule has 2 nitrogen and oxygen atoms in total. The second kappa shape index (κ2) is 7.80. The third kappa shape index (κ3) is 4.92. The van der Waals surface area contributed by atoms with Gasteiger partial charge in [-0.3, -0.25) is 0 Å². The van der Waals surface area contributed by atoms with Gasteiger partial charge in [-0.15, -0.1) is 0 Å². The van der Waals surface area contributed by atoms with E-state index in [0.717, 1.165) is 32.4 Å². The van der Waals surface area contributed by atoms with Crippen molar-refractivity contribution in [1.29, 1.82) is 0 Å². The van der Waals surface area contributed by atoms with Crippen molar-refractivity contribution >= 4 is 0 Å². The minimum atomic E-state index is 0.193. The summed E-state index contributed by atoms with van der Waals surface area (Å²) >= 11 is 0. The summed E-state index contributed by atoms with van der Waals surface area (Å²) in [5, 5.41) is 3.51. The molecule has 0 aliphatic heterocycles. The molecule has 20 heavy (non-hydrogen) atoms. The number of rotatable bonds is 9. The van der Waals surface area contributed by atoms with E-state index in [9.17, 15) is 0 Å². The lowest BCUT2D eigenvalue weighted by molar-refractivity contribution is -0.105. The van der Waals surface area contributed by atoms with E-state index in [-0.39, 0.29) is 5.60 Å². The molecule has 2 rings (SSSR count). The molecule has 1 N–H and O–H groups in total. The van der Waals surface area contributed by atoms with E-state index in [1.54, 1.807) is 0 Å². The van der Waals surface area contributed by atoms with E-state index >= 15 is 0 Å². The average Bonchev–Trinajstić information content (AvgIpc) is 2.40. The highest BCUT2D eigenvalue weighted by atomic mass is 16.5. The van der Waals surface area contributed by atoms with Crippen molar-refractivity contribution in [2.75, 3.05) is 13.2 Å². The van der Waals surface area contributed by atoms with Crippen molar-refractivity contribution in [3.63, 3.8) is 0 Å². The number of nitrogens with one attached hydrogen (secondary N) is 1. The lowest BCUT2D eigenvalue weighted by Gasteiger charge is -2.42. The van der Waals surface area contributed by atoms with E-state index in [1.807, 2.05) is 0 Å². The van der Waals surface area contributed by atoms with Crippen LogP contribution in [0.5, 0.6) is 0 Å². The van der Waals surface area contributed by atoms with Gasteiger partial charge in [-0.2, -0.15) is 0 Å². The molecule has 1 aliphatic carbocycles. The summed E-state index contributed by atoms with van der Waals surface area (Å²) in [5.41, 5.74) is 1.61. The monoisotopic (exact) mass is 275 g/mol. The Morgan fingerprint density at radius 2 is 1.95 bits per heavy atom. The Hall–Kier alpha value is -0.860. The van der Waals surface area contributed by atoms with Crippen molar-refractivity contribution in [1.82, 2.24) is 5.32 Å². The zero-order valence-corrected chi connectivity index (χ0v) is 13.0. The van der Waals surface area contributed by atoms with E-state index in [2.05, 4.69) is 49.5 Å². The van der Waals surface area contributed by atoms with Crippen LogP contribution >= 0.6 is 0 Å². The molecule has 0 unspecified atom stereocenters. The predicted octanol–water partition coefficient (Wildman–Crippen LogP) is 3.95. The van der Waals surface area contributed by atoms with Gasteiger partial charge < -0.3 is 10.1 Å². The van der Waals surface area contributed by atoms with Crippen LogP contribution in [0.25, 0.3) is 0 Å². The van der Waals surface area contributed by atoms with Crippen LogP contribution < -0.4 is 5.32 Å². The molecule has 0 spiro atoms. The molecule has 0 heterocycles. The number of benzene rings is 1. The maximum atomic E-state index is 6.23. The molecule has 0 atom stereocenters. The van der Waals surface area contributed by atoms with Crippen molar-refractivity contribution in [2.24, 2.45) is 0 Å². The van der Waals surface area contributed by atoms with Gasteiger partial charge in [0.1, 0.15) is 0 Å². The first kappa shape index (κ1) is 15.5. The first-order chi connectivity index (χ1) is 9.70. The minimum absolute atomic E-state index is 0.193. The Balaban J connectivity index is 1.63. The van der Waals surface area contributed by atoms with Crippen LogP contribution in [0.15, 0.2) is 30.3 Å². The summed E-state index contributed by atoms with van der Waals surface area (Å²) in [5.74, 6) is 0. The summed E-state index contributed by atoms with van der Waals surface area (Å²) in [4.78, 5) is 0. The van der Waals surface area contributed by atoms with Crippen LogP contribution in [0, 0.1) is 0 Å². The van der Waals surface area contributed by atoms with Gasteiger partial charge in [0.15, 0.2) is 0 Å². The number of ether oxygens (including phenoxy) is 1. The fraction of sp³-hybridized carbons (Fsp3) is 0.667. The molecule has 1 aliphatic rings. The summed E-state index contributed by atoms with van der Waals surface area (Å²) in [6.45, 7) is 6.38. The molecule has 112 valence electrons. The van der Waals surface area contributed by atoms with E-state index in [0.29, 0.717) is 6.04 Å². The predicted molar refractivity (Wildman–Crippen MR) is 85.1 cm³/mol. The molecule has 0 bridgehead atoms. The van der Waals surface area contributed by atoms with Crippen LogP contribution in [-0.2, 0) is 11.2 Å². The highest BCUT2D eigenvalue weighted by Crippen LogP contribution is 2.38. The quantitative estimate of drug-likeness (QED) is 0.689. The molecule has 1 saturated carbocycles. The highest BCUT2D eigenvalue weighted by Gasteiger charge is 2.37. The molecule has 0 radical (unpaired) electrons. The maximum absolute atomic E-state index is 6.23. The normalized spacial score (nSPS) is 17.1. The van der Waals surface area contributed by atoms with Gasteiger partial charge in [-0.25, -0.2) is 0 Å². The fourth-order valence-corrected chi connectivity index (χ4v) is 2.84. The summed E-state index contributed by atoms with van der Waals surface area (Å²) in [6, 6.07) is 11.3. The smallest absolute Gasteiger partial charge is 0.0694 e. The van der Waals surface area contributed by atoms with Gasteiger partial charge in [0.05, 0.1) is 5.60 Å². The first-order valence-electron chi connectivity index (χ1n) is 8.11. The SMILES string of the molecule is CC(C)NCCC1(OCCCc2ccccc2)CCC1. The average molecular weight is 275 g/mol. The first-order valence-corrected chi connectivity index (χ1v) is 8.11. The zero-order valence-electron chi connectivity index (χ0n) is 13.0. The Bertz CT molecular complexity index is 370. The minimum Gasteiger partial charge on any atom is -0.375 e. The molecule has 0 amide bonds. The van der Waals surface area contributed by atoms with Crippen LogP contribution in [0.4, 0.5) is 0 Å². The van der Waals surface area contributed by atoms with E-state index in [1.165, 1.54) is 24.8 Å². The molecule has 1 aromatic rings. The summed E-state index contributed by atoms with van der Waals surface area (Å²) in [7, 11) is 0. The highest BCUT2D eigenvalue weighted by molar-refractivity contribution is 5.14. The van der Waals surface area contributed by atoms with Crippen molar-refractivity contribution < 1.29 is 4.74 Å². The van der Waals surface area contributed by atoms with Crippen molar-refractivity contribution in [3.05, 3.63) is 35.9 Å². The van der Waals surface area contributed by atoms with Gasteiger partial charge in [0, 0.05) is 12.6 Å². The fourth-order valence-electron chi connectivity index (χ4n) is 2.84. The van der Waals surface area contributed by atoms with Gasteiger partial charge >= 0.3 is 0 Å². The van der Waals surface area contributed by atoms with Gasteiger partial charge in [0.2, 0.25) is 0 Å². The Kier molecular flexibility index (Phi) is 6.06. The largest absolute Gasteiger partial charge is 0.375 e. The standard InChI is InChI=1S/C18H29NO/c1-16(2)19-14-13-18(11-7-12-18)20-15-6-10-17-8-4-3-5-9-17/h3-5,8-9,16,19H,6-7,10-15H2,1-2H3. The third-order valence-corrected chi connectivity index (χ3v) is 4.26. The lowest BCUT2D eigenvalue weighted by Crippen LogP contribution is -2.43. The molecule has 1 aromatic carbocycles. The van der Waals surface area contributed by atoms with Gasteiger partial charge in [-0.05, 0) is 50.6 Å². The maximum Gasteiger partial charge on any atom is 0.0694 e. The second-order valence-electron chi connectivity index (χ2n) is 6.33. The van der Waals surface area contributed by atoms with Gasteiger partial charge in [0.25, 0.3) is 0 Å². The third-order valence-electron chi connectivity index (χ3n) is 4.26. The Morgan fingerprint density at radius 1 is 1.20 bits per heavy atom. The molecule has 2 heteroatoms. The number of hydrogen-bond donors (Lipinski definition) is 1. The topological polar surface area (TPSA) is 21.3 Å². The molecular weight excluding hydrogens is 246 g/mol. The second-order valence-corrected chi connectivity index (χ2v) is 6.33. The van der Waals surface area contributed by atoms with Gasteiger partial charge in [-0.1, -0.05) is 44.2 Å². The van der Waals surface area contributed by atoms with Crippen LogP contribution in [0.2, 0.25) is 0 Å². The summed E-state index contributed by atoms with van der Waals surface area (Å²) in [6.07, 6.45) is 7.25. The Labute approximate surface area is 123 Å². The molecular formula is C18H29NO. The summed E-state index contributed by atoms with van der Waals surface area (Å²) < 4.78 is 6.23. The zero-order chi connectivity index (χ0) is 14.3. The molecule has 0 saturated heterocycles. The van der Waals surface area contributed by atoms with E-state index in [4.69, 9.17) is 4.74 Å². The van der Waals surface area contributed by atoms with Crippen LogP contribution in [0.1, 0.15) is 51.5 Å². The van der Waals surface area contributed by atoms with Crippen LogP contribution in [0.3, 0.4) is 0 Å². The van der Waals surface area contributed by atoms with Crippen LogP contribution in [-0.4, -0.2) is 24.8 Å².